The normalized spacial score (nSPS) is 32.1. The van der Waals surface area contributed by atoms with Gasteiger partial charge in [-0.1, -0.05) is 28.1 Å². The maximum absolute atomic E-state index is 12.0. The Morgan fingerprint density at radius 1 is 1.45 bits per heavy atom. The predicted octanol–water partition coefficient (Wildman–Crippen LogP) is 3.08. The van der Waals surface area contributed by atoms with Gasteiger partial charge in [0.25, 0.3) is 0 Å². The van der Waals surface area contributed by atoms with Crippen LogP contribution in [0.2, 0.25) is 0 Å². The standard InChI is InChI=1S/C15H18BrNO3/c1-2-19-15(18)14-12-4-3-9-17(20-14)13(12)10-5-7-11(16)8-6-10/h5-8,12-14H,2-4,9H2,1H3/t12-,13+,14+/m0/s1. The van der Waals surface area contributed by atoms with Crippen molar-refractivity contribution in [1.29, 1.82) is 0 Å². The van der Waals surface area contributed by atoms with E-state index in [9.17, 15) is 4.79 Å². The molecule has 0 aromatic heterocycles. The van der Waals surface area contributed by atoms with E-state index in [4.69, 9.17) is 9.57 Å². The first kappa shape index (κ1) is 14.0. The molecule has 0 N–H and O–H groups in total. The molecule has 2 bridgehead atoms. The Morgan fingerprint density at radius 2 is 2.20 bits per heavy atom. The second-order valence-electron chi connectivity index (χ2n) is 5.22. The summed E-state index contributed by atoms with van der Waals surface area (Å²) in [7, 11) is 0. The molecule has 4 nitrogen and oxygen atoms in total. The Bertz CT molecular complexity index is 490. The van der Waals surface area contributed by atoms with E-state index in [1.165, 1.54) is 5.56 Å². The van der Waals surface area contributed by atoms with E-state index in [0.717, 1.165) is 23.9 Å². The van der Waals surface area contributed by atoms with Crippen LogP contribution in [-0.2, 0) is 14.4 Å². The van der Waals surface area contributed by atoms with Crippen molar-refractivity contribution in [3.63, 3.8) is 0 Å². The molecule has 5 heteroatoms. The van der Waals surface area contributed by atoms with Crippen LogP contribution in [0.1, 0.15) is 31.4 Å². The number of hydrogen-bond donors (Lipinski definition) is 0. The van der Waals surface area contributed by atoms with Crippen molar-refractivity contribution in [3.8, 4) is 0 Å². The number of carbonyl (C=O) groups excluding carboxylic acids is 1. The lowest BCUT2D eigenvalue weighted by Gasteiger charge is -2.30. The van der Waals surface area contributed by atoms with Gasteiger partial charge in [-0.25, -0.2) is 4.79 Å². The number of hydroxylamine groups is 2. The summed E-state index contributed by atoms with van der Waals surface area (Å²) in [4.78, 5) is 17.9. The van der Waals surface area contributed by atoms with Crippen LogP contribution in [0.15, 0.2) is 28.7 Å². The van der Waals surface area contributed by atoms with Crippen molar-refractivity contribution in [2.24, 2.45) is 5.92 Å². The number of hydrogen-bond acceptors (Lipinski definition) is 4. The number of halogens is 1. The molecule has 1 unspecified atom stereocenters. The van der Waals surface area contributed by atoms with Gasteiger partial charge in [0, 0.05) is 16.9 Å². The molecular weight excluding hydrogens is 322 g/mol. The summed E-state index contributed by atoms with van der Waals surface area (Å²) in [5, 5.41) is 1.96. The molecule has 0 amide bonds. The first-order chi connectivity index (χ1) is 9.70. The van der Waals surface area contributed by atoms with Gasteiger partial charge in [0.1, 0.15) is 0 Å². The van der Waals surface area contributed by atoms with Crippen LogP contribution in [0.4, 0.5) is 0 Å². The van der Waals surface area contributed by atoms with Crippen molar-refractivity contribution in [3.05, 3.63) is 34.3 Å². The minimum atomic E-state index is -0.453. The Balaban J connectivity index is 1.85. The Kier molecular flexibility index (Phi) is 4.10. The van der Waals surface area contributed by atoms with Crippen molar-refractivity contribution < 1.29 is 14.4 Å². The van der Waals surface area contributed by atoms with Gasteiger partial charge in [0.05, 0.1) is 12.6 Å². The number of carbonyl (C=O) groups is 1. The molecule has 20 heavy (non-hydrogen) atoms. The van der Waals surface area contributed by atoms with Gasteiger partial charge in [-0.2, -0.15) is 5.06 Å². The largest absolute Gasteiger partial charge is 0.464 e. The molecular formula is C15H18BrNO3. The van der Waals surface area contributed by atoms with Gasteiger partial charge in [-0.05, 0) is 37.5 Å². The fourth-order valence-electron chi connectivity index (χ4n) is 3.17. The van der Waals surface area contributed by atoms with Gasteiger partial charge < -0.3 is 4.74 Å². The lowest BCUT2D eigenvalue weighted by molar-refractivity contribution is -0.188. The number of esters is 1. The highest BCUT2D eigenvalue weighted by atomic mass is 79.9. The second-order valence-corrected chi connectivity index (χ2v) is 6.14. The summed E-state index contributed by atoms with van der Waals surface area (Å²) in [5.41, 5.74) is 1.20. The van der Waals surface area contributed by atoms with Crippen LogP contribution in [0.5, 0.6) is 0 Å². The smallest absolute Gasteiger partial charge is 0.337 e. The summed E-state index contributed by atoms with van der Waals surface area (Å²) in [6.45, 7) is 3.09. The molecule has 0 radical (unpaired) electrons. The van der Waals surface area contributed by atoms with Gasteiger partial charge in [0.2, 0.25) is 0 Å². The lowest BCUT2D eigenvalue weighted by Crippen LogP contribution is -2.32. The topological polar surface area (TPSA) is 38.8 Å². The number of rotatable bonds is 3. The molecule has 108 valence electrons. The molecule has 1 aromatic rings. The summed E-state index contributed by atoms with van der Waals surface area (Å²) in [5.74, 6) is -0.0482. The molecule has 3 rings (SSSR count). The van der Waals surface area contributed by atoms with Crippen LogP contribution in [0.3, 0.4) is 0 Å². The summed E-state index contributed by atoms with van der Waals surface area (Å²) in [6.07, 6.45) is 1.61. The van der Waals surface area contributed by atoms with Crippen LogP contribution >= 0.6 is 15.9 Å². The zero-order valence-electron chi connectivity index (χ0n) is 11.4. The Labute approximate surface area is 127 Å². The average Bonchev–Trinajstić information content (AvgIpc) is 2.66. The molecule has 0 spiro atoms. The van der Waals surface area contributed by atoms with E-state index < -0.39 is 6.10 Å². The summed E-state index contributed by atoms with van der Waals surface area (Å²) in [6, 6.07) is 8.41. The molecule has 2 fully saturated rings. The van der Waals surface area contributed by atoms with Crippen LogP contribution in [0.25, 0.3) is 0 Å². The maximum Gasteiger partial charge on any atom is 0.337 e. The third-order valence-corrected chi connectivity index (χ3v) is 4.53. The molecule has 4 atom stereocenters. The van der Waals surface area contributed by atoms with E-state index in [0.29, 0.717) is 6.61 Å². The van der Waals surface area contributed by atoms with E-state index >= 15 is 0 Å². The van der Waals surface area contributed by atoms with Crippen LogP contribution < -0.4 is 0 Å². The molecule has 0 saturated carbocycles. The SMILES string of the molecule is CCOC(=O)[C@@H]1ON2CCC[C@H]1[C@H]2c1ccc(Br)cc1. The third kappa shape index (κ3) is 2.50. The number of ether oxygens (including phenoxy) is 1. The van der Waals surface area contributed by atoms with Gasteiger partial charge in [-0.3, -0.25) is 4.84 Å². The fraction of sp³-hybridized carbons (Fsp3) is 0.533. The molecule has 2 saturated heterocycles. The van der Waals surface area contributed by atoms with Crippen LogP contribution in [-0.4, -0.2) is 30.3 Å². The number of fused-ring (bicyclic) bond motifs is 2. The fourth-order valence-corrected chi connectivity index (χ4v) is 3.43. The highest BCUT2D eigenvalue weighted by Crippen LogP contribution is 2.45. The zero-order valence-corrected chi connectivity index (χ0v) is 13.0. The highest BCUT2D eigenvalue weighted by molar-refractivity contribution is 9.10. The van der Waals surface area contributed by atoms with E-state index in [-0.39, 0.29) is 17.9 Å². The number of piperidine rings is 1. The predicted molar refractivity (Wildman–Crippen MR) is 77.8 cm³/mol. The Morgan fingerprint density at radius 3 is 2.90 bits per heavy atom. The minimum Gasteiger partial charge on any atom is -0.464 e. The quantitative estimate of drug-likeness (QED) is 0.793. The van der Waals surface area contributed by atoms with Gasteiger partial charge in [0.15, 0.2) is 6.10 Å². The lowest BCUT2D eigenvalue weighted by atomic mass is 9.83. The first-order valence-electron chi connectivity index (χ1n) is 7.06. The first-order valence-corrected chi connectivity index (χ1v) is 7.85. The van der Waals surface area contributed by atoms with Gasteiger partial charge >= 0.3 is 5.97 Å². The Hall–Kier alpha value is -0.910. The van der Waals surface area contributed by atoms with Crippen molar-refractivity contribution in [2.75, 3.05) is 13.2 Å². The van der Waals surface area contributed by atoms with Crippen molar-refractivity contribution >= 4 is 21.9 Å². The summed E-state index contributed by atoms with van der Waals surface area (Å²) >= 11 is 3.45. The average molecular weight is 340 g/mol. The van der Waals surface area contributed by atoms with Crippen molar-refractivity contribution in [2.45, 2.75) is 31.9 Å². The highest BCUT2D eigenvalue weighted by Gasteiger charge is 2.50. The van der Waals surface area contributed by atoms with Crippen molar-refractivity contribution in [1.82, 2.24) is 5.06 Å². The molecule has 0 aliphatic carbocycles. The maximum atomic E-state index is 12.0. The molecule has 1 aromatic carbocycles. The zero-order chi connectivity index (χ0) is 14.1. The minimum absolute atomic E-state index is 0.159. The van der Waals surface area contributed by atoms with E-state index in [2.05, 4.69) is 28.1 Å². The molecule has 2 heterocycles. The van der Waals surface area contributed by atoms with Gasteiger partial charge in [-0.15, -0.1) is 0 Å². The second kappa shape index (κ2) is 5.84. The van der Waals surface area contributed by atoms with Crippen LogP contribution in [0, 0.1) is 5.92 Å². The summed E-state index contributed by atoms with van der Waals surface area (Å²) < 4.78 is 6.20. The third-order valence-electron chi connectivity index (χ3n) is 4.00. The number of nitrogens with zero attached hydrogens (tertiary/aromatic N) is 1. The monoisotopic (exact) mass is 339 g/mol. The molecule has 2 aliphatic heterocycles. The van der Waals surface area contributed by atoms with E-state index in [1.54, 1.807) is 0 Å². The van der Waals surface area contributed by atoms with E-state index in [1.807, 2.05) is 24.1 Å². The number of benzene rings is 1. The molecule has 2 aliphatic rings.